The summed E-state index contributed by atoms with van der Waals surface area (Å²) in [6.07, 6.45) is 1.72. The number of thioether (sulfide) groups is 1. The number of thiazole rings is 1. The number of aromatic nitrogens is 2. The number of fused-ring (bicyclic) bond motifs is 1. The third-order valence-corrected chi connectivity index (χ3v) is 7.00. The van der Waals surface area contributed by atoms with Gasteiger partial charge in [-0.25, -0.2) is 4.98 Å². The molecule has 6 nitrogen and oxygen atoms in total. The Labute approximate surface area is 201 Å². The van der Waals surface area contributed by atoms with E-state index in [9.17, 15) is 4.79 Å². The Bertz CT molecular complexity index is 1200. The van der Waals surface area contributed by atoms with E-state index in [1.807, 2.05) is 54.6 Å². The second-order valence-corrected chi connectivity index (χ2v) is 10.2. The highest BCUT2D eigenvalue weighted by atomic mass is 32.2. The van der Waals surface area contributed by atoms with Crippen LogP contribution in [0.5, 0.6) is 11.5 Å². The number of carbonyl (C=O) groups is 1. The Kier molecular flexibility index (Phi) is 7.15. The lowest BCUT2D eigenvalue weighted by Gasteiger charge is -2.20. The summed E-state index contributed by atoms with van der Waals surface area (Å²) in [6.45, 7) is 4.59. The van der Waals surface area contributed by atoms with E-state index >= 15 is 0 Å². The quantitative estimate of drug-likeness (QED) is 0.286. The highest BCUT2D eigenvalue weighted by molar-refractivity contribution is 7.99. The van der Waals surface area contributed by atoms with Crippen LogP contribution in [0.4, 0.5) is 5.13 Å². The van der Waals surface area contributed by atoms with E-state index < -0.39 is 0 Å². The molecule has 1 amide bonds. The maximum atomic E-state index is 13.7. The zero-order valence-electron chi connectivity index (χ0n) is 18.9. The Morgan fingerprint density at radius 2 is 1.76 bits per heavy atom. The number of amides is 1. The lowest BCUT2D eigenvalue weighted by atomic mass is 10.2. The predicted octanol–water partition coefficient (Wildman–Crippen LogP) is 6.06. The highest BCUT2D eigenvalue weighted by Crippen LogP contribution is 2.40. The number of methoxy groups -OCH3 is 2. The van der Waals surface area contributed by atoms with Crippen LogP contribution in [-0.2, 0) is 6.54 Å². The van der Waals surface area contributed by atoms with Crippen molar-refractivity contribution in [1.29, 1.82) is 0 Å². The van der Waals surface area contributed by atoms with Crippen molar-refractivity contribution in [3.05, 3.63) is 72.1 Å². The van der Waals surface area contributed by atoms with Gasteiger partial charge in [-0.2, -0.15) is 0 Å². The van der Waals surface area contributed by atoms with Gasteiger partial charge in [0.2, 0.25) is 0 Å². The number of carbonyl (C=O) groups excluding carboxylic acids is 1. The molecule has 0 aliphatic heterocycles. The van der Waals surface area contributed by atoms with Crippen molar-refractivity contribution in [1.82, 2.24) is 9.97 Å². The third-order valence-electron chi connectivity index (χ3n) is 4.89. The second-order valence-electron chi connectivity index (χ2n) is 7.55. The normalized spacial score (nSPS) is 11.1. The SMILES string of the molecule is COc1ccc(OC)c2sc(N(Cc3ccccn3)C(=O)c3ccc(SC(C)C)cc3)nc12. The summed E-state index contributed by atoms with van der Waals surface area (Å²) in [7, 11) is 3.22. The van der Waals surface area contributed by atoms with E-state index in [-0.39, 0.29) is 5.91 Å². The van der Waals surface area contributed by atoms with Gasteiger partial charge in [0, 0.05) is 21.9 Å². The summed E-state index contributed by atoms with van der Waals surface area (Å²) in [6, 6.07) is 17.0. The molecule has 0 saturated carbocycles. The fourth-order valence-corrected chi connectivity index (χ4v) is 5.28. The van der Waals surface area contributed by atoms with Crippen molar-refractivity contribution in [2.45, 2.75) is 30.5 Å². The zero-order chi connectivity index (χ0) is 23.4. The second kappa shape index (κ2) is 10.2. The molecule has 2 heterocycles. The number of anilines is 1. The zero-order valence-corrected chi connectivity index (χ0v) is 20.6. The average molecular weight is 480 g/mol. The van der Waals surface area contributed by atoms with Crippen LogP contribution < -0.4 is 14.4 Å². The lowest BCUT2D eigenvalue weighted by molar-refractivity contribution is 0.0984. The summed E-state index contributed by atoms with van der Waals surface area (Å²) < 4.78 is 11.9. The van der Waals surface area contributed by atoms with Crippen molar-refractivity contribution in [3.63, 3.8) is 0 Å². The van der Waals surface area contributed by atoms with Gasteiger partial charge in [0.05, 0.1) is 26.5 Å². The van der Waals surface area contributed by atoms with Gasteiger partial charge in [0.25, 0.3) is 5.91 Å². The number of benzene rings is 2. The summed E-state index contributed by atoms with van der Waals surface area (Å²) in [5.41, 5.74) is 2.03. The van der Waals surface area contributed by atoms with Crippen molar-refractivity contribution < 1.29 is 14.3 Å². The fraction of sp³-hybridized carbons (Fsp3) is 0.240. The molecule has 4 aromatic rings. The Hall–Kier alpha value is -3.10. The van der Waals surface area contributed by atoms with E-state index in [0.717, 1.165) is 15.3 Å². The molecule has 170 valence electrons. The molecule has 0 saturated heterocycles. The van der Waals surface area contributed by atoms with E-state index in [0.29, 0.717) is 39.5 Å². The van der Waals surface area contributed by atoms with Gasteiger partial charge in [-0.3, -0.25) is 14.7 Å². The summed E-state index contributed by atoms with van der Waals surface area (Å²) >= 11 is 3.16. The molecule has 0 fully saturated rings. The van der Waals surface area contributed by atoms with Gasteiger partial charge in [-0.1, -0.05) is 31.3 Å². The smallest absolute Gasteiger partial charge is 0.260 e. The first kappa shape index (κ1) is 23.1. The molecule has 8 heteroatoms. The molecule has 33 heavy (non-hydrogen) atoms. The topological polar surface area (TPSA) is 64.6 Å². The molecular formula is C25H25N3O3S2. The summed E-state index contributed by atoms with van der Waals surface area (Å²) in [5, 5.41) is 1.03. The number of nitrogens with zero attached hydrogens (tertiary/aromatic N) is 3. The molecular weight excluding hydrogens is 454 g/mol. The third kappa shape index (κ3) is 5.12. The average Bonchev–Trinajstić information content (AvgIpc) is 3.27. The number of hydrogen-bond donors (Lipinski definition) is 0. The number of hydrogen-bond acceptors (Lipinski definition) is 7. The van der Waals surface area contributed by atoms with Gasteiger partial charge in [-0.15, -0.1) is 11.8 Å². The minimum Gasteiger partial charge on any atom is -0.495 e. The number of ether oxygens (including phenoxy) is 2. The van der Waals surface area contributed by atoms with Crippen LogP contribution in [0, 0.1) is 0 Å². The van der Waals surface area contributed by atoms with Crippen LogP contribution in [0.15, 0.2) is 65.7 Å². The van der Waals surface area contributed by atoms with Crippen molar-refractivity contribution in [3.8, 4) is 11.5 Å². The molecule has 0 spiro atoms. The molecule has 2 aromatic carbocycles. The van der Waals surface area contributed by atoms with Gasteiger partial charge in [0.1, 0.15) is 21.7 Å². The van der Waals surface area contributed by atoms with Crippen molar-refractivity contribution >= 4 is 44.4 Å². The van der Waals surface area contributed by atoms with Crippen LogP contribution in [-0.4, -0.2) is 35.3 Å². The van der Waals surface area contributed by atoms with Crippen LogP contribution in [0.2, 0.25) is 0 Å². The number of pyridine rings is 1. The van der Waals surface area contributed by atoms with Crippen molar-refractivity contribution in [2.75, 3.05) is 19.1 Å². The summed E-state index contributed by atoms with van der Waals surface area (Å²) in [5.74, 6) is 1.18. The van der Waals surface area contributed by atoms with Crippen LogP contribution in [0.25, 0.3) is 10.2 Å². The van der Waals surface area contributed by atoms with E-state index in [1.165, 1.54) is 11.3 Å². The maximum absolute atomic E-state index is 13.7. The Morgan fingerprint density at radius 1 is 1.03 bits per heavy atom. The van der Waals surface area contributed by atoms with E-state index in [4.69, 9.17) is 14.5 Å². The molecule has 0 aliphatic carbocycles. The molecule has 0 N–H and O–H groups in total. The first-order valence-corrected chi connectivity index (χ1v) is 12.2. The largest absolute Gasteiger partial charge is 0.495 e. The van der Waals surface area contributed by atoms with Crippen molar-refractivity contribution in [2.24, 2.45) is 0 Å². The Morgan fingerprint density at radius 3 is 2.39 bits per heavy atom. The molecule has 0 bridgehead atoms. The van der Waals surface area contributed by atoms with Gasteiger partial charge < -0.3 is 9.47 Å². The molecule has 0 aliphatic rings. The van der Waals surface area contributed by atoms with Gasteiger partial charge >= 0.3 is 0 Å². The molecule has 0 radical (unpaired) electrons. The first-order valence-electron chi connectivity index (χ1n) is 10.5. The highest BCUT2D eigenvalue weighted by Gasteiger charge is 2.24. The van der Waals surface area contributed by atoms with Crippen LogP contribution in [0.3, 0.4) is 0 Å². The van der Waals surface area contributed by atoms with E-state index in [2.05, 4.69) is 18.8 Å². The standard InChI is InChI=1S/C25H25N3O3S2/c1-16(2)32-19-10-8-17(9-11-19)24(29)28(15-18-7-5-6-14-26-18)25-27-22-20(30-3)12-13-21(31-4)23(22)33-25/h5-14,16H,15H2,1-4H3. The molecule has 0 atom stereocenters. The fourth-order valence-electron chi connectivity index (χ4n) is 3.37. The van der Waals surface area contributed by atoms with Gasteiger partial charge in [-0.05, 0) is 48.5 Å². The minimum atomic E-state index is -0.140. The Balaban J connectivity index is 1.76. The summed E-state index contributed by atoms with van der Waals surface area (Å²) in [4.78, 5) is 25.7. The minimum absolute atomic E-state index is 0.140. The lowest BCUT2D eigenvalue weighted by Crippen LogP contribution is -2.30. The molecule has 2 aromatic heterocycles. The monoisotopic (exact) mass is 479 g/mol. The maximum Gasteiger partial charge on any atom is 0.260 e. The van der Waals surface area contributed by atoms with Crippen LogP contribution >= 0.6 is 23.1 Å². The number of rotatable bonds is 8. The molecule has 4 rings (SSSR count). The predicted molar refractivity (Wildman–Crippen MR) is 135 cm³/mol. The van der Waals surface area contributed by atoms with Crippen LogP contribution in [0.1, 0.15) is 29.9 Å². The molecule has 0 unspecified atom stereocenters. The van der Waals surface area contributed by atoms with Gasteiger partial charge in [0.15, 0.2) is 5.13 Å². The first-order chi connectivity index (χ1) is 16.0. The van der Waals surface area contributed by atoms with E-state index in [1.54, 1.807) is 37.1 Å².